The predicted octanol–water partition coefficient (Wildman–Crippen LogP) is 3.31. The number of hydrogen-bond acceptors (Lipinski definition) is 6. The predicted molar refractivity (Wildman–Crippen MR) is 78.7 cm³/mol. The molecule has 0 spiro atoms. The lowest BCUT2D eigenvalue weighted by atomic mass is 10.2. The fourth-order valence-electron chi connectivity index (χ4n) is 1.80. The zero-order chi connectivity index (χ0) is 15.4. The number of aromatic nitrogens is 2. The summed E-state index contributed by atoms with van der Waals surface area (Å²) in [6, 6.07) is 3.47. The van der Waals surface area contributed by atoms with Crippen molar-refractivity contribution in [2.24, 2.45) is 0 Å². The van der Waals surface area contributed by atoms with E-state index in [0.717, 1.165) is 24.0 Å². The third-order valence-corrected chi connectivity index (χ3v) is 4.04. The first kappa shape index (κ1) is 15.5. The molecular weight excluding hydrogens is 295 g/mol. The average molecular weight is 310 g/mol. The SMILES string of the molecule is CCCNC(C)c1nnc(-c2ccc(F)cc2[N+](=O)[O-])s1. The van der Waals surface area contributed by atoms with E-state index in [9.17, 15) is 14.5 Å². The molecule has 0 aliphatic rings. The molecule has 1 aromatic carbocycles. The number of nitro benzene ring substituents is 1. The number of nitrogens with one attached hydrogen (secondary N) is 1. The van der Waals surface area contributed by atoms with Gasteiger partial charge in [-0.1, -0.05) is 18.3 Å². The van der Waals surface area contributed by atoms with Crippen LogP contribution in [0.1, 0.15) is 31.3 Å². The maximum atomic E-state index is 13.1. The first-order chi connectivity index (χ1) is 10.0. The number of nitro groups is 1. The summed E-state index contributed by atoms with van der Waals surface area (Å²) >= 11 is 1.27. The molecule has 6 nitrogen and oxygen atoms in total. The van der Waals surface area contributed by atoms with E-state index in [4.69, 9.17) is 0 Å². The molecule has 2 rings (SSSR count). The molecule has 8 heteroatoms. The van der Waals surface area contributed by atoms with E-state index in [-0.39, 0.29) is 17.3 Å². The topological polar surface area (TPSA) is 81.0 Å². The summed E-state index contributed by atoms with van der Waals surface area (Å²) in [6.07, 6.45) is 0.999. The van der Waals surface area contributed by atoms with Gasteiger partial charge in [0.05, 0.1) is 22.6 Å². The van der Waals surface area contributed by atoms with Gasteiger partial charge in [-0.3, -0.25) is 10.1 Å². The third kappa shape index (κ3) is 3.59. The lowest BCUT2D eigenvalue weighted by molar-refractivity contribution is -0.384. The van der Waals surface area contributed by atoms with Crippen molar-refractivity contribution < 1.29 is 9.31 Å². The van der Waals surface area contributed by atoms with Gasteiger partial charge in [-0.05, 0) is 32.0 Å². The maximum Gasteiger partial charge on any atom is 0.282 e. The molecule has 0 radical (unpaired) electrons. The molecule has 1 aromatic heterocycles. The summed E-state index contributed by atoms with van der Waals surface area (Å²) in [5.74, 6) is -0.645. The Morgan fingerprint density at radius 1 is 1.48 bits per heavy atom. The van der Waals surface area contributed by atoms with E-state index in [1.54, 1.807) is 0 Å². The molecule has 0 aliphatic heterocycles. The number of hydrogen-bond donors (Lipinski definition) is 1. The second kappa shape index (κ2) is 6.68. The average Bonchev–Trinajstić information content (AvgIpc) is 2.94. The van der Waals surface area contributed by atoms with Crippen molar-refractivity contribution in [3.8, 4) is 10.6 Å². The van der Waals surface area contributed by atoms with Crippen molar-refractivity contribution in [2.45, 2.75) is 26.3 Å². The van der Waals surface area contributed by atoms with Gasteiger partial charge >= 0.3 is 0 Å². The molecule has 0 saturated heterocycles. The zero-order valence-corrected chi connectivity index (χ0v) is 12.5. The van der Waals surface area contributed by atoms with Gasteiger partial charge in [0.1, 0.15) is 10.8 Å². The zero-order valence-electron chi connectivity index (χ0n) is 11.7. The maximum absolute atomic E-state index is 13.1. The monoisotopic (exact) mass is 310 g/mol. The van der Waals surface area contributed by atoms with Gasteiger partial charge in [-0.2, -0.15) is 0 Å². The second-order valence-electron chi connectivity index (χ2n) is 4.54. The molecule has 1 N–H and O–H groups in total. The van der Waals surface area contributed by atoms with E-state index in [1.165, 1.54) is 23.5 Å². The van der Waals surface area contributed by atoms with Crippen molar-refractivity contribution in [1.82, 2.24) is 15.5 Å². The van der Waals surface area contributed by atoms with Gasteiger partial charge in [-0.25, -0.2) is 4.39 Å². The van der Waals surface area contributed by atoms with Crippen LogP contribution < -0.4 is 5.32 Å². The van der Waals surface area contributed by atoms with Crippen molar-refractivity contribution in [3.63, 3.8) is 0 Å². The fourth-order valence-corrected chi connectivity index (χ4v) is 2.71. The Balaban J connectivity index is 2.31. The van der Waals surface area contributed by atoms with E-state index in [1.807, 2.05) is 6.92 Å². The summed E-state index contributed by atoms with van der Waals surface area (Å²) in [7, 11) is 0. The summed E-state index contributed by atoms with van der Waals surface area (Å²) in [6.45, 7) is 4.87. The van der Waals surface area contributed by atoms with Crippen molar-refractivity contribution in [2.75, 3.05) is 6.54 Å². The Bertz CT molecular complexity index is 647. The molecule has 1 unspecified atom stereocenters. The van der Waals surface area contributed by atoms with Gasteiger partial charge in [0.15, 0.2) is 5.01 Å². The number of halogens is 1. The molecular formula is C13H15FN4O2S. The summed E-state index contributed by atoms with van der Waals surface area (Å²) in [5.41, 5.74) is -0.0142. The highest BCUT2D eigenvalue weighted by atomic mass is 32.1. The van der Waals surface area contributed by atoms with Crippen LogP contribution >= 0.6 is 11.3 Å². The Morgan fingerprint density at radius 2 is 2.24 bits per heavy atom. The van der Waals surface area contributed by atoms with Crippen molar-refractivity contribution in [1.29, 1.82) is 0 Å². The first-order valence-corrected chi connectivity index (χ1v) is 7.35. The normalized spacial score (nSPS) is 12.3. The lowest BCUT2D eigenvalue weighted by Gasteiger charge is -2.08. The lowest BCUT2D eigenvalue weighted by Crippen LogP contribution is -2.18. The molecule has 2 aromatic rings. The van der Waals surface area contributed by atoms with Crippen molar-refractivity contribution >= 4 is 17.0 Å². The van der Waals surface area contributed by atoms with Crippen LogP contribution in [0, 0.1) is 15.9 Å². The molecule has 0 amide bonds. The van der Waals surface area contributed by atoms with Crippen LogP contribution in [0.4, 0.5) is 10.1 Å². The fraction of sp³-hybridized carbons (Fsp3) is 0.385. The molecule has 0 aliphatic carbocycles. The third-order valence-electron chi connectivity index (χ3n) is 2.90. The molecule has 112 valence electrons. The minimum atomic E-state index is -0.645. The summed E-state index contributed by atoms with van der Waals surface area (Å²) in [4.78, 5) is 10.4. The highest BCUT2D eigenvalue weighted by Crippen LogP contribution is 2.33. The summed E-state index contributed by atoms with van der Waals surface area (Å²) < 4.78 is 13.1. The molecule has 0 saturated carbocycles. The van der Waals surface area contributed by atoms with Crippen LogP contribution in [0.15, 0.2) is 18.2 Å². The van der Waals surface area contributed by atoms with E-state index in [2.05, 4.69) is 22.4 Å². The molecule has 0 fully saturated rings. The van der Waals surface area contributed by atoms with Crippen LogP contribution in [0.5, 0.6) is 0 Å². The highest BCUT2D eigenvalue weighted by Gasteiger charge is 2.21. The largest absolute Gasteiger partial charge is 0.308 e. The minimum Gasteiger partial charge on any atom is -0.308 e. The van der Waals surface area contributed by atoms with Gasteiger partial charge in [0.2, 0.25) is 0 Å². The van der Waals surface area contributed by atoms with Gasteiger partial charge < -0.3 is 5.32 Å². The molecule has 21 heavy (non-hydrogen) atoms. The standard InChI is InChI=1S/C13H15FN4O2S/c1-3-6-15-8(2)12-16-17-13(21-12)10-5-4-9(14)7-11(10)18(19)20/h4-5,7-8,15H,3,6H2,1-2H3. The smallest absolute Gasteiger partial charge is 0.282 e. The Morgan fingerprint density at radius 3 is 2.90 bits per heavy atom. The summed E-state index contributed by atoms with van der Waals surface area (Å²) in [5, 5.41) is 23.5. The number of nitrogens with zero attached hydrogens (tertiary/aromatic N) is 3. The molecule has 1 atom stereocenters. The quantitative estimate of drug-likeness (QED) is 0.654. The first-order valence-electron chi connectivity index (χ1n) is 6.54. The van der Waals surface area contributed by atoms with Crippen LogP contribution in [-0.2, 0) is 0 Å². The van der Waals surface area contributed by atoms with E-state index < -0.39 is 10.7 Å². The molecule has 0 bridgehead atoms. The Labute approximate surface area is 125 Å². The van der Waals surface area contributed by atoms with Gasteiger partial charge in [0, 0.05) is 0 Å². The highest BCUT2D eigenvalue weighted by molar-refractivity contribution is 7.14. The van der Waals surface area contributed by atoms with Crippen LogP contribution in [0.25, 0.3) is 10.6 Å². The second-order valence-corrected chi connectivity index (χ2v) is 5.55. The van der Waals surface area contributed by atoms with E-state index >= 15 is 0 Å². The number of rotatable bonds is 6. The molecule has 1 heterocycles. The van der Waals surface area contributed by atoms with Crippen LogP contribution in [-0.4, -0.2) is 21.7 Å². The van der Waals surface area contributed by atoms with E-state index in [0.29, 0.717) is 5.01 Å². The Kier molecular flexibility index (Phi) is 4.92. The Hall–Kier alpha value is -1.93. The number of benzene rings is 1. The van der Waals surface area contributed by atoms with Crippen LogP contribution in [0.2, 0.25) is 0 Å². The minimum absolute atomic E-state index is 0.0238. The van der Waals surface area contributed by atoms with Crippen LogP contribution in [0.3, 0.4) is 0 Å². The van der Waals surface area contributed by atoms with Crippen molar-refractivity contribution in [3.05, 3.63) is 39.1 Å². The van der Waals surface area contributed by atoms with Gasteiger partial charge in [-0.15, -0.1) is 10.2 Å². The van der Waals surface area contributed by atoms with Gasteiger partial charge in [0.25, 0.3) is 5.69 Å².